The SMILES string of the molecule is Cc1ccc2[se]n(CCOC(=O)c3c(C)[nH]c(/C=C4\C(=O)Nc5c(Cl)cccc54)c3C)c(=O)c2c1. The summed E-state index contributed by atoms with van der Waals surface area (Å²) >= 11 is 6.09. The molecule has 1 aliphatic heterocycles. The van der Waals surface area contributed by atoms with Crippen LogP contribution in [-0.2, 0) is 16.1 Å². The van der Waals surface area contributed by atoms with Gasteiger partial charge in [0.1, 0.15) is 0 Å². The van der Waals surface area contributed by atoms with Crippen LogP contribution in [-0.4, -0.2) is 41.8 Å². The van der Waals surface area contributed by atoms with Gasteiger partial charge in [-0.05, 0) is 6.07 Å². The zero-order valence-electron chi connectivity index (χ0n) is 19.3. The van der Waals surface area contributed by atoms with E-state index in [-0.39, 0.29) is 32.8 Å². The van der Waals surface area contributed by atoms with Crippen LogP contribution in [0.3, 0.4) is 0 Å². The molecular formula is C26H22ClN3O4Se. The number of hydrogen-bond donors (Lipinski definition) is 2. The number of benzene rings is 2. The number of amides is 1. The van der Waals surface area contributed by atoms with Gasteiger partial charge in [0.25, 0.3) is 0 Å². The number of carbonyl (C=O) groups is 2. The summed E-state index contributed by atoms with van der Waals surface area (Å²) in [5.41, 5.74) is 5.21. The molecule has 0 saturated heterocycles. The summed E-state index contributed by atoms with van der Waals surface area (Å²) < 4.78 is 8.34. The number of H-pyrrole nitrogens is 1. The summed E-state index contributed by atoms with van der Waals surface area (Å²) in [6.45, 7) is 6.01. The summed E-state index contributed by atoms with van der Waals surface area (Å²) in [4.78, 5) is 41.3. The normalized spacial score (nSPS) is 13.9. The Kier molecular flexibility index (Phi) is 6.05. The summed E-state index contributed by atoms with van der Waals surface area (Å²) in [7, 11) is 0. The van der Waals surface area contributed by atoms with Crippen LogP contribution in [0.4, 0.5) is 5.69 Å². The maximum absolute atomic E-state index is 12.9. The molecule has 0 aliphatic carbocycles. The molecule has 0 unspecified atom stereocenters. The molecule has 2 aromatic carbocycles. The van der Waals surface area contributed by atoms with Crippen LogP contribution in [0, 0.1) is 20.8 Å². The molecule has 0 spiro atoms. The fraction of sp³-hybridized carbons (Fsp3) is 0.192. The maximum atomic E-state index is 12.9. The summed E-state index contributed by atoms with van der Waals surface area (Å²) in [6.07, 6.45) is 1.72. The molecule has 2 aromatic heterocycles. The average molecular weight is 555 g/mol. The monoisotopic (exact) mass is 555 g/mol. The van der Waals surface area contributed by atoms with Gasteiger partial charge >= 0.3 is 184 Å². The number of carbonyl (C=O) groups excluding carboxylic acids is 2. The van der Waals surface area contributed by atoms with Gasteiger partial charge in [-0.3, -0.25) is 0 Å². The van der Waals surface area contributed by atoms with Gasteiger partial charge in [-0.2, -0.15) is 0 Å². The Balaban J connectivity index is 1.34. The average Bonchev–Trinajstić information content (AvgIpc) is 3.41. The van der Waals surface area contributed by atoms with Crippen LogP contribution in [0.25, 0.3) is 21.3 Å². The summed E-state index contributed by atoms with van der Waals surface area (Å²) in [6, 6.07) is 11.2. The molecule has 9 heteroatoms. The Morgan fingerprint density at radius 1 is 1.17 bits per heavy atom. The molecule has 4 aromatic rings. The van der Waals surface area contributed by atoms with Crippen LogP contribution in [0.2, 0.25) is 5.02 Å². The number of esters is 1. The summed E-state index contributed by atoms with van der Waals surface area (Å²) in [5.74, 6) is -0.718. The summed E-state index contributed by atoms with van der Waals surface area (Å²) in [5, 5.41) is 4.00. The fourth-order valence-corrected chi connectivity index (χ4v) is 6.55. The Bertz CT molecular complexity index is 1610. The Hall–Kier alpha value is -3.32. The van der Waals surface area contributed by atoms with Crippen molar-refractivity contribution in [2.45, 2.75) is 27.3 Å². The number of aromatic nitrogens is 2. The van der Waals surface area contributed by atoms with Gasteiger partial charge < -0.3 is 0 Å². The van der Waals surface area contributed by atoms with Crippen molar-refractivity contribution in [3.8, 4) is 0 Å². The van der Waals surface area contributed by atoms with Crippen LogP contribution in [0.15, 0.2) is 41.2 Å². The van der Waals surface area contributed by atoms with Crippen molar-refractivity contribution in [2.75, 3.05) is 11.9 Å². The number of hydrogen-bond acceptors (Lipinski definition) is 4. The number of nitrogens with zero attached hydrogens (tertiary/aromatic N) is 1. The second kappa shape index (κ2) is 9.04. The van der Waals surface area contributed by atoms with Crippen molar-refractivity contribution in [2.24, 2.45) is 0 Å². The van der Waals surface area contributed by atoms with Gasteiger partial charge in [-0.1, -0.05) is 17.7 Å². The van der Waals surface area contributed by atoms with E-state index < -0.39 is 5.97 Å². The zero-order valence-corrected chi connectivity index (χ0v) is 21.8. The van der Waals surface area contributed by atoms with Crippen molar-refractivity contribution < 1.29 is 14.3 Å². The minimum atomic E-state index is -0.465. The Morgan fingerprint density at radius 3 is 2.77 bits per heavy atom. The van der Waals surface area contributed by atoms with E-state index in [1.54, 1.807) is 28.7 Å². The van der Waals surface area contributed by atoms with E-state index in [0.29, 0.717) is 50.9 Å². The molecule has 0 saturated carbocycles. The number of aryl methyl sites for hydroxylation is 2. The van der Waals surface area contributed by atoms with Crippen molar-refractivity contribution in [3.63, 3.8) is 0 Å². The predicted octanol–water partition coefficient (Wildman–Crippen LogP) is 4.31. The topological polar surface area (TPSA) is 93.2 Å². The molecule has 7 nitrogen and oxygen atoms in total. The number of aromatic amines is 1. The molecule has 0 fully saturated rings. The number of nitrogens with one attached hydrogen (secondary N) is 2. The van der Waals surface area contributed by atoms with E-state index in [0.717, 1.165) is 15.2 Å². The Labute approximate surface area is 212 Å². The first-order valence-corrected chi connectivity index (χ1v) is 13.0. The van der Waals surface area contributed by atoms with Gasteiger partial charge in [0.05, 0.1) is 5.02 Å². The van der Waals surface area contributed by atoms with Gasteiger partial charge in [-0.25, -0.2) is 0 Å². The molecule has 0 bridgehead atoms. The first-order valence-electron chi connectivity index (χ1n) is 11.0. The molecule has 5 rings (SSSR count). The second-order valence-corrected chi connectivity index (χ2v) is 11.1. The first-order chi connectivity index (χ1) is 16.7. The van der Waals surface area contributed by atoms with Crippen molar-refractivity contribution in [3.05, 3.63) is 85.4 Å². The third-order valence-electron chi connectivity index (χ3n) is 6.08. The van der Waals surface area contributed by atoms with Crippen molar-refractivity contribution in [1.29, 1.82) is 0 Å². The number of ether oxygens (including phenoxy) is 1. The molecule has 3 heterocycles. The molecule has 2 N–H and O–H groups in total. The van der Waals surface area contributed by atoms with Crippen LogP contribution in [0.5, 0.6) is 0 Å². The van der Waals surface area contributed by atoms with Crippen molar-refractivity contribution in [1.82, 2.24) is 8.55 Å². The van der Waals surface area contributed by atoms with E-state index in [1.807, 2.05) is 38.1 Å². The van der Waals surface area contributed by atoms with Crippen molar-refractivity contribution >= 4 is 65.2 Å². The molecule has 35 heavy (non-hydrogen) atoms. The van der Waals surface area contributed by atoms with E-state index in [2.05, 4.69) is 10.3 Å². The zero-order chi connectivity index (χ0) is 24.9. The van der Waals surface area contributed by atoms with E-state index in [4.69, 9.17) is 16.3 Å². The standard InChI is InChI=1S/C26H22ClN3O4Se/c1-13-7-8-21-18(11-13)25(32)30(35-21)9-10-34-26(33)22-14(2)20(28-15(22)3)12-17-16-5-4-6-19(27)23(16)29-24(17)31/h4-8,11-12,28H,9-10H2,1-3H3,(H,29,31)/b17-12-. The van der Waals surface area contributed by atoms with Gasteiger partial charge in [0.15, 0.2) is 0 Å². The quantitative estimate of drug-likeness (QED) is 0.218. The number of rotatable bonds is 5. The Morgan fingerprint density at radius 2 is 1.97 bits per heavy atom. The van der Waals surface area contributed by atoms with Gasteiger partial charge in [0.2, 0.25) is 0 Å². The number of anilines is 1. The molecule has 1 amide bonds. The minimum absolute atomic E-state index is 0.0158. The van der Waals surface area contributed by atoms with Gasteiger partial charge in [0, 0.05) is 0 Å². The number of para-hydroxylation sites is 1. The van der Waals surface area contributed by atoms with E-state index >= 15 is 0 Å². The predicted molar refractivity (Wildman–Crippen MR) is 138 cm³/mol. The molecule has 0 radical (unpaired) electrons. The van der Waals surface area contributed by atoms with Crippen LogP contribution < -0.4 is 10.9 Å². The molecule has 1 aliphatic rings. The third kappa shape index (κ3) is 4.18. The van der Waals surface area contributed by atoms with Crippen LogP contribution >= 0.6 is 11.6 Å². The van der Waals surface area contributed by atoms with Crippen LogP contribution in [0.1, 0.15) is 38.4 Å². The van der Waals surface area contributed by atoms with E-state index in [1.165, 1.54) is 0 Å². The first kappa shape index (κ1) is 23.4. The molecular weight excluding hydrogens is 533 g/mol. The molecule has 0 atom stereocenters. The fourth-order valence-electron chi connectivity index (χ4n) is 4.32. The molecule has 178 valence electrons. The number of halogens is 1. The second-order valence-electron chi connectivity index (χ2n) is 8.47. The van der Waals surface area contributed by atoms with E-state index in [9.17, 15) is 14.4 Å². The van der Waals surface area contributed by atoms with Gasteiger partial charge in [-0.15, -0.1) is 0 Å². The number of fused-ring (bicyclic) bond motifs is 2. The third-order valence-corrected chi connectivity index (χ3v) is 8.75.